The number of Topliss-reactive ketones (excluding diaryl/α,β-unsaturated/α-hetero) is 2. The van der Waals surface area contributed by atoms with Crippen LogP contribution in [0.3, 0.4) is 0 Å². The molecule has 3 atom stereocenters. The quantitative estimate of drug-likeness (QED) is 0.110. The number of halogens is 3. The zero-order valence-electron chi connectivity index (χ0n) is 34.2. The van der Waals surface area contributed by atoms with Crippen LogP contribution in [-0.4, -0.2) is 92.8 Å². The van der Waals surface area contributed by atoms with Crippen molar-refractivity contribution in [2.24, 2.45) is 5.73 Å². The molecule has 4 N–H and O–H groups in total. The highest BCUT2D eigenvalue weighted by molar-refractivity contribution is 8.31. The summed E-state index contributed by atoms with van der Waals surface area (Å²) in [6.45, 7) is 23.1. The summed E-state index contributed by atoms with van der Waals surface area (Å²) >= 11 is 0. The lowest BCUT2D eigenvalue weighted by Crippen LogP contribution is -2.52. The first-order chi connectivity index (χ1) is 23.7. The van der Waals surface area contributed by atoms with Crippen molar-refractivity contribution >= 4 is 87.7 Å². The average molecular weight is 895 g/mol. The molecule has 0 rings (SSSR count). The Hall–Kier alpha value is -2.13. The molecule has 0 aliphatic rings. The molecule has 0 radical (unpaired) electrons. The van der Waals surface area contributed by atoms with E-state index in [1.165, 1.54) is 13.8 Å². The van der Waals surface area contributed by atoms with E-state index in [1.54, 1.807) is 83.1 Å². The number of hydrogen-bond donors (Lipinski definition) is 3. The first kappa shape index (κ1) is 59.6. The van der Waals surface area contributed by atoms with Crippen LogP contribution in [0.1, 0.15) is 135 Å². The fourth-order valence-corrected chi connectivity index (χ4v) is 4.83. The highest BCUT2D eigenvalue weighted by atomic mass is 36.0. The van der Waals surface area contributed by atoms with E-state index in [0.717, 1.165) is 0 Å². The molecule has 55 heavy (non-hydrogen) atoms. The topological polar surface area (TPSA) is 258 Å². The van der Waals surface area contributed by atoms with E-state index in [-0.39, 0.29) is 62.7 Å². The summed E-state index contributed by atoms with van der Waals surface area (Å²) in [4.78, 5) is 70.5. The minimum atomic E-state index is -4.34. The van der Waals surface area contributed by atoms with Crippen LogP contribution in [0.2, 0.25) is 0 Å². The SMILES string of the molecule is CC(=O)CC[C@H](NS(=O)(=O)N[C@@H](CCC(=O)OC(C)(C)C)C(=O)OC(C)(C)C)C(C)=O.CC(C)(C)OC(=O)CC[C@H](N)C(=O)OC(C)(C)C.Cl.O=S(=O)(Cl)Cl. The molecule has 0 aliphatic carbocycles. The fraction of sp³-hybridized carbons (Fsp3) is 0.818. The predicted molar refractivity (Wildman–Crippen MR) is 211 cm³/mol. The highest BCUT2D eigenvalue weighted by Crippen LogP contribution is 2.15. The molecule has 0 aromatic rings. The van der Waals surface area contributed by atoms with E-state index in [4.69, 9.17) is 33.1 Å². The Morgan fingerprint density at radius 2 is 0.873 bits per heavy atom. The molecule has 0 aromatic carbocycles. The second-order valence-electron chi connectivity index (χ2n) is 16.0. The molecule has 22 heteroatoms. The first-order valence-corrected chi connectivity index (χ1v) is 21.4. The van der Waals surface area contributed by atoms with Gasteiger partial charge in [-0.05, 0) is 116 Å². The molecule has 0 aliphatic heterocycles. The Morgan fingerprint density at radius 1 is 0.564 bits per heavy atom. The number of nitrogens with one attached hydrogen (secondary N) is 2. The van der Waals surface area contributed by atoms with Gasteiger partial charge in [-0.15, -0.1) is 12.4 Å². The van der Waals surface area contributed by atoms with Crippen molar-refractivity contribution < 1.29 is 64.6 Å². The van der Waals surface area contributed by atoms with E-state index in [9.17, 15) is 37.2 Å². The molecule has 0 amide bonds. The lowest BCUT2D eigenvalue weighted by Gasteiger charge is -2.25. The van der Waals surface area contributed by atoms with Crippen molar-refractivity contribution in [2.45, 2.75) is 176 Å². The Balaban J connectivity index is -0.000000456. The van der Waals surface area contributed by atoms with Gasteiger partial charge in [0.1, 0.15) is 46.1 Å². The van der Waals surface area contributed by atoms with Crippen LogP contribution in [0.4, 0.5) is 0 Å². The predicted octanol–water partition coefficient (Wildman–Crippen LogP) is 4.48. The van der Waals surface area contributed by atoms with Gasteiger partial charge in [0.05, 0.1) is 6.04 Å². The van der Waals surface area contributed by atoms with E-state index < -0.39 is 82.7 Å². The van der Waals surface area contributed by atoms with Gasteiger partial charge in [0.25, 0.3) is 10.2 Å². The highest BCUT2D eigenvalue weighted by Gasteiger charge is 2.32. The van der Waals surface area contributed by atoms with Gasteiger partial charge in [-0.3, -0.25) is 24.0 Å². The maximum absolute atomic E-state index is 12.6. The van der Waals surface area contributed by atoms with Gasteiger partial charge >= 0.3 is 32.1 Å². The lowest BCUT2D eigenvalue weighted by atomic mass is 10.1. The van der Waals surface area contributed by atoms with Gasteiger partial charge in [0.15, 0.2) is 0 Å². The van der Waals surface area contributed by atoms with Crippen LogP contribution in [0.5, 0.6) is 0 Å². The Bertz CT molecular complexity index is 1470. The average Bonchev–Trinajstić information content (AvgIpc) is 2.87. The fourth-order valence-electron chi connectivity index (χ4n) is 3.52. The van der Waals surface area contributed by atoms with Crippen LogP contribution in [-0.2, 0) is 66.2 Å². The Labute approximate surface area is 342 Å². The van der Waals surface area contributed by atoms with Crippen molar-refractivity contribution in [3.05, 3.63) is 0 Å². The van der Waals surface area contributed by atoms with Gasteiger partial charge in [-0.25, -0.2) is 0 Å². The van der Waals surface area contributed by atoms with Crippen LogP contribution in [0.15, 0.2) is 0 Å². The summed E-state index contributed by atoms with van der Waals surface area (Å²) < 4.78 is 68.4. The molecule has 0 aromatic heterocycles. The number of esters is 4. The van der Waals surface area contributed by atoms with Gasteiger partial charge in [-0.1, -0.05) is 0 Å². The lowest BCUT2D eigenvalue weighted by molar-refractivity contribution is -0.160. The van der Waals surface area contributed by atoms with Gasteiger partial charge in [0.2, 0.25) is 0 Å². The normalized spacial score (nSPS) is 13.8. The Kier molecular flexibility index (Phi) is 27.4. The number of carbonyl (C=O) groups excluding carboxylic acids is 6. The number of carbonyl (C=O) groups is 6. The molecule has 326 valence electrons. The Morgan fingerprint density at radius 3 is 1.20 bits per heavy atom. The van der Waals surface area contributed by atoms with Crippen molar-refractivity contribution in [3.63, 3.8) is 0 Å². The molecule has 0 bridgehead atoms. The molecule has 17 nitrogen and oxygen atoms in total. The van der Waals surface area contributed by atoms with Crippen LogP contribution >= 0.6 is 33.8 Å². The third-order valence-electron chi connectivity index (χ3n) is 5.41. The summed E-state index contributed by atoms with van der Waals surface area (Å²) in [5.74, 6) is -3.00. The van der Waals surface area contributed by atoms with E-state index >= 15 is 0 Å². The summed E-state index contributed by atoms with van der Waals surface area (Å²) in [6.07, 6.45) is -0.101. The zero-order valence-corrected chi connectivity index (χ0v) is 38.2. The number of rotatable bonds is 16. The molecule has 0 saturated heterocycles. The molecule has 0 heterocycles. The summed E-state index contributed by atoms with van der Waals surface area (Å²) in [5.41, 5.74) is 2.95. The van der Waals surface area contributed by atoms with Crippen molar-refractivity contribution in [2.75, 3.05) is 0 Å². The largest absolute Gasteiger partial charge is 0.460 e. The number of ether oxygens (including phenoxy) is 4. The molecule has 0 spiro atoms. The number of nitrogens with two attached hydrogens (primary N) is 1. The molecule has 0 unspecified atom stereocenters. The minimum absolute atomic E-state index is 0. The first-order valence-electron chi connectivity index (χ1n) is 16.8. The van der Waals surface area contributed by atoms with Crippen LogP contribution in [0.25, 0.3) is 0 Å². The third kappa shape index (κ3) is 42.8. The smallest absolute Gasteiger partial charge is 0.324 e. The van der Waals surface area contributed by atoms with Gasteiger partial charge in [0, 0.05) is 40.6 Å². The van der Waals surface area contributed by atoms with Crippen LogP contribution in [0, 0.1) is 0 Å². The number of hydrogen-bond acceptors (Lipinski definition) is 15. The minimum Gasteiger partial charge on any atom is -0.460 e. The molecular weight excluding hydrogens is 833 g/mol. The van der Waals surface area contributed by atoms with Gasteiger partial charge < -0.3 is 29.5 Å². The van der Waals surface area contributed by atoms with Crippen molar-refractivity contribution in [1.82, 2.24) is 9.44 Å². The van der Waals surface area contributed by atoms with Crippen LogP contribution < -0.4 is 15.2 Å². The molecule has 0 saturated carbocycles. The second-order valence-corrected chi connectivity index (χ2v) is 21.1. The summed E-state index contributed by atoms with van der Waals surface area (Å²) in [5, 5.41) is 0. The van der Waals surface area contributed by atoms with Crippen molar-refractivity contribution in [1.29, 1.82) is 0 Å². The molecule has 0 fully saturated rings. The van der Waals surface area contributed by atoms with E-state index in [2.05, 4.69) is 30.8 Å². The number of ketones is 2. The summed E-state index contributed by atoms with van der Waals surface area (Å²) in [6, 6.07) is -3.31. The van der Waals surface area contributed by atoms with Crippen molar-refractivity contribution in [3.8, 4) is 0 Å². The maximum Gasteiger partial charge on any atom is 0.324 e. The second kappa shape index (κ2) is 25.3. The zero-order chi connectivity index (χ0) is 43.7. The maximum atomic E-state index is 12.6. The standard InChI is InChI=1S/C20H36N2O8S.C13H25NO4.Cl2O2S.ClH/c1-13(23)9-10-15(14(2)24)21-31(27,28)22-16(18(26)30-20(6,7)8)11-12-17(25)29-19(3,4)5;1-12(2,3)17-10(15)8-7-9(14)11(16)18-13(4,5)6;1-5(2,3)4;/h15-16,21-22H,9-12H2,1-8H3;9H,7-8,14H2,1-6H3;;1H/t15-,16-;9-;;/m00../s1. The van der Waals surface area contributed by atoms with Gasteiger partial charge in [-0.2, -0.15) is 26.3 Å². The monoisotopic (exact) mass is 893 g/mol. The third-order valence-corrected chi connectivity index (χ3v) is 6.60. The van der Waals surface area contributed by atoms with E-state index in [1.807, 2.05) is 0 Å². The summed E-state index contributed by atoms with van der Waals surface area (Å²) in [7, 11) is 0.472. The van der Waals surface area contributed by atoms with E-state index in [0.29, 0.717) is 0 Å². The molecular formula is C33H62Cl3N3O14S2.